The number of ketones is 1. The van der Waals surface area contributed by atoms with Crippen molar-refractivity contribution in [3.8, 4) is 0 Å². The average molecular weight is 462 g/mol. The molecule has 9 heteroatoms. The molecule has 168 valence electrons. The Kier molecular flexibility index (Phi) is 6.24. The van der Waals surface area contributed by atoms with Gasteiger partial charge in [-0.2, -0.15) is 10.5 Å². The van der Waals surface area contributed by atoms with Crippen molar-refractivity contribution in [2.24, 2.45) is 0 Å². The van der Waals surface area contributed by atoms with Crippen molar-refractivity contribution in [2.75, 3.05) is 16.8 Å². The molecule has 1 fully saturated rings. The van der Waals surface area contributed by atoms with Crippen LogP contribution in [0.3, 0.4) is 0 Å². The van der Waals surface area contributed by atoms with Crippen LogP contribution in [0.25, 0.3) is 4.85 Å². The lowest BCUT2D eigenvalue weighted by molar-refractivity contribution is 0.102. The summed E-state index contributed by atoms with van der Waals surface area (Å²) < 4.78 is 41.5. The van der Waals surface area contributed by atoms with Crippen molar-refractivity contribution in [1.29, 1.82) is 0 Å². The Morgan fingerprint density at radius 1 is 1.22 bits per heavy atom. The summed E-state index contributed by atoms with van der Waals surface area (Å²) in [5.41, 5.74) is 1.17. The Morgan fingerprint density at radius 3 is 2.59 bits per heavy atom. The number of amides is 1. The molecule has 0 atom stereocenters. The van der Waals surface area contributed by atoms with Crippen molar-refractivity contribution in [3.63, 3.8) is 0 Å². The fraction of sp³-hybridized carbons (Fsp3) is 0.391. The predicted octanol–water partition coefficient (Wildman–Crippen LogP) is 5.37. The molecule has 3 heterocycles. The van der Waals surface area contributed by atoms with Crippen molar-refractivity contribution >= 4 is 32.9 Å². The van der Waals surface area contributed by atoms with Gasteiger partial charge in [-0.1, -0.05) is 0 Å². The number of rotatable bonds is 5. The minimum Gasteiger partial charge on any atom is -0.342 e. The molecule has 1 saturated heterocycles. The molecule has 0 bridgehead atoms. The second-order valence-electron chi connectivity index (χ2n) is 7.90. The Hall–Kier alpha value is -2.86. The first-order valence-electron chi connectivity index (χ1n) is 10.4. The molecule has 4 rings (SSSR count). The van der Waals surface area contributed by atoms with Crippen LogP contribution in [-0.2, 0) is 13.0 Å². The number of hydrogen-bond donors (Lipinski definition) is 1. The lowest BCUT2D eigenvalue weighted by Crippen LogP contribution is -2.17. The van der Waals surface area contributed by atoms with E-state index in [1.54, 1.807) is 6.92 Å². The molecular formula is C23H22F3N3O2S. The molecule has 1 N–H and O–H groups in total. The van der Waals surface area contributed by atoms with Gasteiger partial charge in [0.2, 0.25) is 5.78 Å². The van der Waals surface area contributed by atoms with Crippen LogP contribution in [0.5, 0.6) is 0 Å². The van der Waals surface area contributed by atoms with Crippen LogP contribution in [0.2, 0.25) is 0 Å². The monoisotopic (exact) mass is 461 g/mol. The van der Waals surface area contributed by atoms with E-state index in [2.05, 4.69) is 10.2 Å². The summed E-state index contributed by atoms with van der Waals surface area (Å²) in [6.45, 7) is 9.84. The lowest BCUT2D eigenvalue weighted by Gasteiger charge is -2.10. The highest BCUT2D eigenvalue weighted by molar-refractivity contribution is 8.17. The summed E-state index contributed by atoms with van der Waals surface area (Å²) in [5, 5.41) is 2.57. The van der Waals surface area contributed by atoms with E-state index >= 15 is 0 Å². The van der Waals surface area contributed by atoms with Crippen molar-refractivity contribution in [3.05, 3.63) is 63.5 Å². The number of hydrogen-bond acceptors (Lipinski definition) is 2. The van der Waals surface area contributed by atoms with E-state index in [1.807, 2.05) is 4.57 Å². The van der Waals surface area contributed by atoms with Crippen LogP contribution in [-0.4, -0.2) is 32.8 Å². The molecule has 5 nitrogen and oxygen atoms in total. The standard InChI is InChI=1S/C23H22F3N3O2S/c1-13-18(22(31)28-14-7-8-16(24)15(12-14)21(25)26)17-6-5-9-29(17)19(13)20(30)23(27-2)32-10-3-4-11-32/h7-8,12,21H,3-6,9-11H2,1H3,(H,28,31). The van der Waals surface area contributed by atoms with Crippen LogP contribution in [0.1, 0.15) is 63.4 Å². The van der Waals surface area contributed by atoms with Crippen LogP contribution >= 0.6 is 10.5 Å². The maximum atomic E-state index is 13.6. The molecule has 2 aromatic rings. The van der Waals surface area contributed by atoms with Gasteiger partial charge in [0.15, 0.2) is 0 Å². The Morgan fingerprint density at radius 2 is 1.94 bits per heavy atom. The van der Waals surface area contributed by atoms with E-state index in [0.29, 0.717) is 35.5 Å². The number of Topliss-reactive ketones (excluding diaryl/α,β-unsaturated/α-hetero) is 1. The number of nitrogens with one attached hydrogen (secondary N) is 1. The van der Waals surface area contributed by atoms with E-state index in [-0.39, 0.29) is 26.9 Å². The number of benzene rings is 1. The van der Waals surface area contributed by atoms with Crippen LogP contribution < -0.4 is 5.32 Å². The normalized spacial score (nSPS) is 15.6. The summed E-state index contributed by atoms with van der Waals surface area (Å²) in [5.74, 6) is -0.193. The second kappa shape index (κ2) is 8.94. The first-order valence-corrected chi connectivity index (χ1v) is 12.0. The minimum atomic E-state index is -3.00. The zero-order valence-electron chi connectivity index (χ0n) is 17.5. The number of halogens is 3. The van der Waals surface area contributed by atoms with Crippen molar-refractivity contribution in [2.45, 2.75) is 45.6 Å². The molecule has 0 aliphatic carbocycles. The van der Waals surface area contributed by atoms with Gasteiger partial charge in [-0.15, -0.1) is 0 Å². The Balaban J connectivity index is 1.72. The number of anilines is 1. The van der Waals surface area contributed by atoms with Gasteiger partial charge in [-0.05, 0) is 67.9 Å². The number of alkyl halides is 2. The number of carbonyl (C=O) groups excluding carboxylic acids is 2. The molecule has 2 aliphatic rings. The van der Waals surface area contributed by atoms with Crippen LogP contribution in [0, 0.1) is 19.3 Å². The summed E-state index contributed by atoms with van der Waals surface area (Å²) in [7, 11) is -0.350. The molecule has 2 aliphatic heterocycles. The molecule has 1 aromatic heterocycles. The molecular weight excluding hydrogens is 439 g/mol. The van der Waals surface area contributed by atoms with Crippen molar-refractivity contribution in [1.82, 2.24) is 4.57 Å². The number of nitrogens with zero attached hydrogens (tertiary/aromatic N) is 2. The molecule has 1 amide bonds. The zero-order valence-corrected chi connectivity index (χ0v) is 18.3. The largest absolute Gasteiger partial charge is 0.342 e. The predicted molar refractivity (Wildman–Crippen MR) is 119 cm³/mol. The average Bonchev–Trinajstić information content (AvgIpc) is 3.47. The molecule has 32 heavy (non-hydrogen) atoms. The van der Waals surface area contributed by atoms with Crippen LogP contribution in [0.15, 0.2) is 18.2 Å². The number of carbonyl (C=O) groups is 2. The summed E-state index contributed by atoms with van der Waals surface area (Å²) in [6, 6.07) is 3.03. The number of fused-ring (bicyclic) bond motifs is 1. The van der Waals surface area contributed by atoms with Gasteiger partial charge < -0.3 is 14.7 Å². The zero-order chi connectivity index (χ0) is 23.0. The minimum absolute atomic E-state index is 0.0535. The highest BCUT2D eigenvalue weighted by Gasteiger charge is 2.33. The second-order valence-corrected chi connectivity index (χ2v) is 10.1. The van der Waals surface area contributed by atoms with E-state index in [1.165, 1.54) is 6.07 Å². The molecule has 0 saturated carbocycles. The Labute approximate surface area is 186 Å². The maximum absolute atomic E-state index is 13.6. The first-order chi connectivity index (χ1) is 15.3. The molecule has 0 unspecified atom stereocenters. The lowest BCUT2D eigenvalue weighted by atomic mass is 10.0. The van der Waals surface area contributed by atoms with E-state index in [4.69, 9.17) is 6.57 Å². The molecule has 0 radical (unpaired) electrons. The topological polar surface area (TPSA) is 55.5 Å². The SMILES string of the molecule is [C-]#[N+]C(C(=O)c1c(C)c(C(=O)Nc2ccc(F)c(C(F)F)c2)c2n1CCC2)=S1CCCC1. The third-order valence-corrected chi connectivity index (χ3v) is 8.33. The van der Waals surface area contributed by atoms with Gasteiger partial charge in [0.1, 0.15) is 5.82 Å². The van der Waals surface area contributed by atoms with E-state index in [0.717, 1.165) is 42.9 Å². The summed E-state index contributed by atoms with van der Waals surface area (Å²) in [4.78, 5) is 30.3. The van der Waals surface area contributed by atoms with Crippen LogP contribution in [0.4, 0.5) is 18.9 Å². The quantitative estimate of drug-likeness (QED) is 0.370. The highest BCUT2D eigenvalue weighted by atomic mass is 32.2. The first kappa shape index (κ1) is 22.3. The van der Waals surface area contributed by atoms with Gasteiger partial charge in [0.25, 0.3) is 17.3 Å². The summed E-state index contributed by atoms with van der Waals surface area (Å²) in [6.07, 6.45) is 0.373. The van der Waals surface area contributed by atoms with Gasteiger partial charge >= 0.3 is 0 Å². The van der Waals surface area contributed by atoms with E-state index < -0.39 is 23.7 Å². The fourth-order valence-electron chi connectivity index (χ4n) is 4.49. The number of aromatic nitrogens is 1. The van der Waals surface area contributed by atoms with Gasteiger partial charge in [-0.3, -0.25) is 4.79 Å². The fourth-order valence-corrected chi connectivity index (χ4v) is 6.67. The van der Waals surface area contributed by atoms with Gasteiger partial charge in [0.05, 0.1) is 23.4 Å². The van der Waals surface area contributed by atoms with Crippen molar-refractivity contribution < 1.29 is 22.8 Å². The van der Waals surface area contributed by atoms with Gasteiger partial charge in [0, 0.05) is 17.9 Å². The maximum Gasteiger partial charge on any atom is 0.266 e. The smallest absolute Gasteiger partial charge is 0.266 e. The molecule has 1 aromatic carbocycles. The van der Waals surface area contributed by atoms with E-state index in [9.17, 15) is 22.8 Å². The summed E-state index contributed by atoms with van der Waals surface area (Å²) >= 11 is 0. The molecule has 0 spiro atoms. The Bertz CT molecular complexity index is 1190. The third kappa shape index (κ3) is 3.88. The van der Waals surface area contributed by atoms with Gasteiger partial charge in [-0.25, -0.2) is 18.0 Å². The highest BCUT2D eigenvalue weighted by Crippen LogP contribution is 2.34. The third-order valence-electron chi connectivity index (χ3n) is 5.94.